The monoisotopic (exact) mass is 928 g/mol. The molecule has 3 aromatic carbocycles. The summed E-state index contributed by atoms with van der Waals surface area (Å²) in [5.74, 6) is -5.19. The third-order valence-corrected chi connectivity index (χ3v) is 14.8. The molecule has 0 aliphatic carbocycles. The number of alkyl halides is 1. The van der Waals surface area contributed by atoms with Crippen LogP contribution in [0, 0.1) is 23.4 Å². The number of nitrogens with one attached hydrogen (secondary N) is 4. The van der Waals surface area contributed by atoms with Crippen molar-refractivity contribution >= 4 is 56.1 Å². The number of fused-ring (bicyclic) bond motifs is 1. The standard InChI is InChI=1S/C47H48F4N8O6S/c48-32-15-20-59(26-32)66(64,65)56-39-8-7-37(49)42(43(39)51)44(61)36-24-53-45-35(36)21-31(23-52-45)28-1-4-33(5-2-28)58-18-11-27(12-19-58)25-57-16-13-29(14-17-57)30-3-6-34(38(50)22-30)46(62)54-40-9-10-41(60)55-47(40)63/h1-8,21-24,27,29,32,40,56H,9-20,25-26H2,(H,52,53)(H,54,62)(H,55,60,63)/t32-,40+/m1/s1. The summed E-state index contributed by atoms with van der Waals surface area (Å²) in [5.41, 5.74) is 1.94. The average Bonchev–Trinajstić information content (AvgIpc) is 3.95. The van der Waals surface area contributed by atoms with E-state index in [1.807, 2.05) is 29.0 Å². The summed E-state index contributed by atoms with van der Waals surface area (Å²) in [4.78, 5) is 62.1. The molecule has 0 spiro atoms. The van der Waals surface area contributed by atoms with Gasteiger partial charge in [-0.3, -0.25) is 29.2 Å². The molecule has 4 saturated heterocycles. The van der Waals surface area contributed by atoms with E-state index in [2.05, 4.69) is 30.4 Å². The lowest BCUT2D eigenvalue weighted by Crippen LogP contribution is -2.52. The lowest BCUT2D eigenvalue weighted by atomic mass is 9.87. The number of piperidine rings is 3. The minimum atomic E-state index is -4.36. The van der Waals surface area contributed by atoms with Crippen molar-refractivity contribution in [1.29, 1.82) is 0 Å². The van der Waals surface area contributed by atoms with Gasteiger partial charge in [-0.25, -0.2) is 22.5 Å². The van der Waals surface area contributed by atoms with E-state index in [1.54, 1.807) is 18.3 Å². The minimum Gasteiger partial charge on any atom is -0.372 e. The van der Waals surface area contributed by atoms with Gasteiger partial charge in [-0.2, -0.15) is 12.7 Å². The molecule has 346 valence electrons. The van der Waals surface area contributed by atoms with Crippen molar-refractivity contribution in [2.45, 2.75) is 63.1 Å². The lowest BCUT2D eigenvalue weighted by Gasteiger charge is -2.38. The van der Waals surface area contributed by atoms with Crippen molar-refractivity contribution in [1.82, 2.24) is 29.8 Å². The summed E-state index contributed by atoms with van der Waals surface area (Å²) in [6.07, 6.45) is 5.66. The molecule has 4 N–H and O–H groups in total. The number of amides is 3. The molecule has 2 atom stereocenters. The summed E-state index contributed by atoms with van der Waals surface area (Å²) >= 11 is 0. The van der Waals surface area contributed by atoms with E-state index in [9.17, 15) is 32.0 Å². The number of pyridine rings is 1. The molecule has 6 heterocycles. The van der Waals surface area contributed by atoms with Gasteiger partial charge in [-0.05, 0) is 117 Å². The summed E-state index contributed by atoms with van der Waals surface area (Å²) in [6, 6.07) is 15.2. The number of aromatic nitrogens is 2. The maximum atomic E-state index is 15.8. The van der Waals surface area contributed by atoms with Crippen molar-refractivity contribution in [3.63, 3.8) is 0 Å². The van der Waals surface area contributed by atoms with Crippen molar-refractivity contribution in [3.8, 4) is 11.1 Å². The summed E-state index contributed by atoms with van der Waals surface area (Å²) < 4.78 is 88.2. The second-order valence-corrected chi connectivity index (χ2v) is 19.2. The van der Waals surface area contributed by atoms with Crippen LogP contribution in [0.15, 0.2) is 73.1 Å². The van der Waals surface area contributed by atoms with Crippen LogP contribution in [0.3, 0.4) is 0 Å². The van der Waals surface area contributed by atoms with Gasteiger partial charge in [-0.1, -0.05) is 18.2 Å². The van der Waals surface area contributed by atoms with E-state index >= 15 is 13.2 Å². The number of benzene rings is 3. The van der Waals surface area contributed by atoms with Gasteiger partial charge >= 0.3 is 10.2 Å². The Labute approximate surface area is 378 Å². The Hall–Kier alpha value is -6.18. The number of hydrogen-bond acceptors (Lipinski definition) is 9. The fraction of sp³-hybridized carbons (Fsp3) is 0.383. The minimum absolute atomic E-state index is 0.00246. The second-order valence-electron chi connectivity index (χ2n) is 17.6. The highest BCUT2D eigenvalue weighted by molar-refractivity contribution is 7.90. The molecule has 0 bridgehead atoms. The number of imide groups is 1. The van der Waals surface area contributed by atoms with E-state index < -0.39 is 81.2 Å². The first-order valence-corrected chi connectivity index (χ1v) is 23.6. The number of carbonyl (C=O) groups is 4. The molecule has 19 heteroatoms. The molecule has 66 heavy (non-hydrogen) atoms. The molecule has 4 fully saturated rings. The molecule has 3 amide bonds. The zero-order valence-corrected chi connectivity index (χ0v) is 36.6. The van der Waals surface area contributed by atoms with E-state index in [4.69, 9.17) is 0 Å². The first kappa shape index (κ1) is 45.0. The van der Waals surface area contributed by atoms with Gasteiger partial charge in [0.25, 0.3) is 5.91 Å². The number of likely N-dealkylation sites (tertiary alicyclic amines) is 1. The van der Waals surface area contributed by atoms with Gasteiger partial charge in [-0.15, -0.1) is 0 Å². The molecule has 4 aliphatic heterocycles. The molecule has 0 saturated carbocycles. The third kappa shape index (κ3) is 9.41. The quantitative estimate of drug-likeness (QED) is 0.0644. The van der Waals surface area contributed by atoms with Gasteiger partial charge in [0.05, 0.1) is 16.8 Å². The Bertz CT molecular complexity index is 2810. The number of carbonyl (C=O) groups excluding carboxylic acids is 4. The number of rotatable bonds is 12. The number of nitrogens with zero attached hydrogens (tertiary/aromatic N) is 4. The molecule has 14 nitrogen and oxygen atoms in total. The van der Waals surface area contributed by atoms with Crippen LogP contribution in [0.4, 0.5) is 28.9 Å². The second kappa shape index (κ2) is 18.6. The Balaban J connectivity index is 0.774. The summed E-state index contributed by atoms with van der Waals surface area (Å²) in [5, 5.41) is 5.04. The van der Waals surface area contributed by atoms with Crippen LogP contribution in [0.5, 0.6) is 0 Å². The normalized spacial score (nSPS) is 20.5. The highest BCUT2D eigenvalue weighted by atomic mass is 32.2. The number of aromatic amines is 1. The highest BCUT2D eigenvalue weighted by Crippen LogP contribution is 2.34. The number of ketones is 1. The molecular formula is C47H48F4N8O6S. The largest absolute Gasteiger partial charge is 0.372 e. The predicted molar refractivity (Wildman–Crippen MR) is 238 cm³/mol. The number of anilines is 2. The predicted octanol–water partition coefficient (Wildman–Crippen LogP) is 6.21. The van der Waals surface area contributed by atoms with Crippen molar-refractivity contribution in [3.05, 3.63) is 113 Å². The zero-order chi connectivity index (χ0) is 46.3. The van der Waals surface area contributed by atoms with Gasteiger partial charge in [0.2, 0.25) is 17.6 Å². The van der Waals surface area contributed by atoms with Gasteiger partial charge < -0.3 is 20.1 Å². The third-order valence-electron chi connectivity index (χ3n) is 13.3. The molecular weight excluding hydrogens is 881 g/mol. The van der Waals surface area contributed by atoms with Crippen LogP contribution in [0.1, 0.15) is 82.7 Å². The molecule has 2 aromatic heterocycles. The Morgan fingerprint density at radius 2 is 1.58 bits per heavy atom. The van der Waals surface area contributed by atoms with E-state index in [0.717, 1.165) is 91.7 Å². The van der Waals surface area contributed by atoms with E-state index in [1.165, 1.54) is 18.3 Å². The highest BCUT2D eigenvalue weighted by Gasteiger charge is 2.34. The van der Waals surface area contributed by atoms with Crippen LogP contribution in [-0.4, -0.2) is 109 Å². The fourth-order valence-corrected chi connectivity index (χ4v) is 10.8. The van der Waals surface area contributed by atoms with Crippen molar-refractivity contribution in [2.75, 3.05) is 55.4 Å². The average molecular weight is 929 g/mol. The Morgan fingerprint density at radius 3 is 2.27 bits per heavy atom. The van der Waals surface area contributed by atoms with Crippen LogP contribution < -0.4 is 20.3 Å². The van der Waals surface area contributed by atoms with Gasteiger partial charge in [0, 0.05) is 73.7 Å². The number of halogens is 4. The van der Waals surface area contributed by atoms with Gasteiger partial charge in [0.1, 0.15) is 29.5 Å². The van der Waals surface area contributed by atoms with Crippen LogP contribution in [0.25, 0.3) is 22.2 Å². The van der Waals surface area contributed by atoms with E-state index in [-0.39, 0.29) is 42.9 Å². The first-order chi connectivity index (χ1) is 31.7. The van der Waals surface area contributed by atoms with Gasteiger partial charge in [0.15, 0.2) is 5.82 Å². The smallest absolute Gasteiger partial charge is 0.301 e. The molecule has 9 rings (SSSR count). The molecule has 5 aromatic rings. The fourth-order valence-electron chi connectivity index (χ4n) is 9.52. The number of hydrogen-bond donors (Lipinski definition) is 4. The summed E-state index contributed by atoms with van der Waals surface area (Å²) in [6.45, 7) is 4.04. The van der Waals surface area contributed by atoms with E-state index in [0.29, 0.717) is 22.5 Å². The maximum Gasteiger partial charge on any atom is 0.301 e. The molecule has 4 aliphatic rings. The van der Waals surface area contributed by atoms with Crippen LogP contribution >= 0.6 is 0 Å². The Kier molecular flexibility index (Phi) is 12.7. The SMILES string of the molecule is O=C1CC[C@H](NC(=O)c2ccc(C3CCN(CC4CCN(c5ccc(-c6cnc7[nH]cc(C(=O)c8c(F)ccc(NS(=O)(=O)N9CC[C@@H](F)C9)c8F)c7c6)cc5)CC4)CC3)cc2F)C(=O)N1. The van der Waals surface area contributed by atoms with Crippen molar-refractivity contribution < 1.29 is 45.2 Å². The Morgan fingerprint density at radius 1 is 0.818 bits per heavy atom. The first-order valence-electron chi connectivity index (χ1n) is 22.1. The molecule has 0 unspecified atom stereocenters. The molecule has 0 radical (unpaired) electrons. The number of H-pyrrole nitrogens is 1. The summed E-state index contributed by atoms with van der Waals surface area (Å²) in [7, 11) is -4.36. The van der Waals surface area contributed by atoms with Crippen LogP contribution in [0.2, 0.25) is 0 Å². The topological polar surface area (TPSA) is 177 Å². The van der Waals surface area contributed by atoms with Crippen LogP contribution in [-0.2, 0) is 19.8 Å². The zero-order valence-electron chi connectivity index (χ0n) is 35.8. The lowest BCUT2D eigenvalue weighted by molar-refractivity contribution is -0.134. The van der Waals surface area contributed by atoms with Crippen molar-refractivity contribution in [2.24, 2.45) is 5.92 Å². The maximum absolute atomic E-state index is 15.8.